The van der Waals surface area contributed by atoms with Crippen molar-refractivity contribution < 1.29 is 34.0 Å². The van der Waals surface area contributed by atoms with Gasteiger partial charge in [-0.05, 0) is 110 Å². The van der Waals surface area contributed by atoms with Crippen LogP contribution in [0.15, 0.2) is 0 Å². The summed E-state index contributed by atoms with van der Waals surface area (Å²) in [6.07, 6.45) is 7.17. The van der Waals surface area contributed by atoms with Crippen LogP contribution in [0.5, 0.6) is 0 Å². The zero-order valence-corrected chi connectivity index (χ0v) is 25.4. The van der Waals surface area contributed by atoms with E-state index < -0.39 is 18.4 Å². The van der Waals surface area contributed by atoms with Crippen molar-refractivity contribution in [2.45, 2.75) is 97.1 Å². The van der Waals surface area contributed by atoms with Crippen LogP contribution in [-0.2, 0) is 30.7 Å². The minimum atomic E-state index is -2.87. The summed E-state index contributed by atoms with van der Waals surface area (Å²) in [6.45, 7) is 5.15. The van der Waals surface area contributed by atoms with Gasteiger partial charge in [0.2, 0.25) is 11.8 Å². The van der Waals surface area contributed by atoms with Gasteiger partial charge in [0, 0.05) is 19.1 Å². The maximum absolute atomic E-state index is 12.6. The number of amides is 2. The number of aliphatic hydroxyl groups excluding tert-OH is 1. The molecule has 5 N–H and O–H groups in total. The molecule has 4 aliphatic carbocycles. The molecule has 0 aromatic rings. The Morgan fingerprint density at radius 2 is 1.72 bits per heavy atom. The van der Waals surface area contributed by atoms with Crippen LogP contribution in [0.3, 0.4) is 0 Å². The number of aliphatic carboxylic acids is 1. The highest BCUT2D eigenvalue weighted by Crippen LogP contribution is 2.68. The third-order valence-corrected chi connectivity index (χ3v) is 12.1. The van der Waals surface area contributed by atoms with Crippen LogP contribution in [0.1, 0.15) is 85.0 Å². The van der Waals surface area contributed by atoms with E-state index in [-0.39, 0.29) is 60.3 Å². The lowest BCUT2D eigenvalue weighted by Gasteiger charge is -2.62. The van der Waals surface area contributed by atoms with E-state index in [9.17, 15) is 29.5 Å². The maximum atomic E-state index is 12.6. The van der Waals surface area contributed by atoms with Crippen LogP contribution in [0, 0.1) is 46.3 Å². The molecule has 0 aliphatic heterocycles. The molecule has 0 saturated heterocycles. The predicted octanol–water partition coefficient (Wildman–Crippen LogP) is 3.62. The van der Waals surface area contributed by atoms with Crippen molar-refractivity contribution in [3.05, 3.63) is 0 Å². The third kappa shape index (κ3) is 6.56. The highest BCUT2D eigenvalue weighted by atomic mass is 32.5. The van der Waals surface area contributed by atoms with Crippen LogP contribution in [0.2, 0.25) is 0 Å². The Labute approximate surface area is 237 Å². The van der Waals surface area contributed by atoms with E-state index in [4.69, 9.17) is 16.3 Å². The molecule has 4 saturated carbocycles. The van der Waals surface area contributed by atoms with Gasteiger partial charge in [-0.1, -0.05) is 20.8 Å². The summed E-state index contributed by atoms with van der Waals surface area (Å²) >= 11 is 4.77. The monoisotopic (exact) mass is 586 g/mol. The largest absolute Gasteiger partial charge is 0.481 e. The van der Waals surface area contributed by atoms with Crippen molar-refractivity contribution in [3.63, 3.8) is 0 Å². The topological polar surface area (TPSA) is 145 Å². The van der Waals surface area contributed by atoms with Gasteiger partial charge in [-0.2, -0.15) is 0 Å². The van der Waals surface area contributed by atoms with E-state index in [0.717, 1.165) is 51.4 Å². The Balaban J connectivity index is 1.36. The van der Waals surface area contributed by atoms with Gasteiger partial charge < -0.3 is 30.3 Å². The minimum Gasteiger partial charge on any atom is -0.481 e. The summed E-state index contributed by atoms with van der Waals surface area (Å²) in [7, 11) is 0. The molecular formula is C28H47N2O7PS. The van der Waals surface area contributed by atoms with Crippen molar-refractivity contribution >= 4 is 36.1 Å². The van der Waals surface area contributed by atoms with E-state index in [0.29, 0.717) is 23.7 Å². The van der Waals surface area contributed by atoms with Gasteiger partial charge in [0.05, 0.1) is 6.10 Å². The Kier molecular flexibility index (Phi) is 9.24. The quantitative estimate of drug-likeness (QED) is 0.157. The van der Waals surface area contributed by atoms with Gasteiger partial charge >= 0.3 is 5.97 Å². The molecule has 222 valence electrons. The number of fused-ring (bicyclic) bond motifs is 5. The van der Waals surface area contributed by atoms with Crippen LogP contribution in [0.4, 0.5) is 0 Å². The predicted molar refractivity (Wildman–Crippen MR) is 151 cm³/mol. The summed E-state index contributed by atoms with van der Waals surface area (Å²) in [5.41, 5.74) is 0.191. The highest BCUT2D eigenvalue weighted by Gasteiger charge is 2.63. The first-order chi connectivity index (χ1) is 18.1. The summed E-state index contributed by atoms with van der Waals surface area (Å²) in [6, 6.07) is -0.0238. The molecular weight excluding hydrogens is 539 g/mol. The first kappa shape index (κ1) is 30.9. The number of carbonyl (C=O) groups excluding carboxylic acids is 2. The van der Waals surface area contributed by atoms with Crippen molar-refractivity contribution in [2.75, 3.05) is 13.4 Å². The first-order valence-electron chi connectivity index (χ1n) is 14.5. The first-order valence-corrected chi connectivity index (χ1v) is 17.7. The van der Waals surface area contributed by atoms with E-state index in [1.165, 1.54) is 6.66 Å². The van der Waals surface area contributed by atoms with Gasteiger partial charge in [-0.25, -0.2) is 0 Å². The molecule has 7 unspecified atom stereocenters. The second-order valence-electron chi connectivity index (χ2n) is 13.5. The SMILES string of the molecule is C[C@@H](CC(=O)O)C1CCC2C3C(O)CC4C[C@@H](NC(=O)CC(=O)NCOP(C)(O)=S)CC[C@@]4(C)C3CC[C@]21C. The molecule has 0 bridgehead atoms. The molecule has 0 aromatic heterocycles. The fraction of sp³-hybridized carbons (Fsp3) is 0.893. The van der Waals surface area contributed by atoms with Gasteiger partial charge in [-0.15, -0.1) is 0 Å². The molecule has 9 nitrogen and oxygen atoms in total. The van der Waals surface area contributed by atoms with E-state index in [1.807, 2.05) is 0 Å². The molecule has 11 heteroatoms. The minimum absolute atomic E-state index is 0.0238. The number of rotatable bonds is 9. The number of hydrogen-bond donors (Lipinski definition) is 5. The molecule has 0 spiro atoms. The smallest absolute Gasteiger partial charge is 0.303 e. The lowest BCUT2D eigenvalue weighted by Crippen LogP contribution is -2.59. The fourth-order valence-electron chi connectivity index (χ4n) is 9.47. The Morgan fingerprint density at radius 3 is 2.38 bits per heavy atom. The molecule has 4 aliphatic rings. The Bertz CT molecular complexity index is 1010. The zero-order chi connectivity index (χ0) is 28.8. The summed E-state index contributed by atoms with van der Waals surface area (Å²) < 4.78 is 4.99. The summed E-state index contributed by atoms with van der Waals surface area (Å²) in [5.74, 6) is 0.409. The average Bonchev–Trinajstić information content (AvgIpc) is 3.16. The molecule has 2 amide bonds. The molecule has 11 atom stereocenters. The molecule has 0 radical (unpaired) electrons. The number of hydrogen-bond acceptors (Lipinski definition) is 6. The average molecular weight is 587 g/mol. The number of nitrogens with one attached hydrogen (secondary N) is 2. The van der Waals surface area contributed by atoms with E-state index >= 15 is 0 Å². The normalized spacial score (nSPS) is 41.7. The third-order valence-electron chi connectivity index (χ3n) is 11.2. The standard InChI is InChI=1S/C28H47N2O7PS/c1-16(11-25(34)35)19-5-6-20-26-21(8-10-28(19,20)3)27(2)9-7-18(12-17(27)13-22(26)31)30-24(33)14-23(32)29-15-37-38(4,36)39/h16-22,26,31H,5-15H2,1-4H3,(H,29,32)(H,30,33)(H,34,35)(H,36,39)/t16-,17?,18-,19?,20?,21?,22?,26?,27+,28-,38?/m0/s1. The molecule has 0 aromatic carbocycles. The summed E-state index contributed by atoms with van der Waals surface area (Å²) in [5, 5.41) is 26.4. The second-order valence-corrected chi connectivity index (χ2v) is 17.4. The van der Waals surface area contributed by atoms with Crippen molar-refractivity contribution in [3.8, 4) is 0 Å². The van der Waals surface area contributed by atoms with Gasteiger partial charge in [-0.3, -0.25) is 14.4 Å². The number of aliphatic hydroxyl groups is 1. The van der Waals surface area contributed by atoms with E-state index in [1.54, 1.807) is 0 Å². The van der Waals surface area contributed by atoms with Crippen LogP contribution >= 0.6 is 6.49 Å². The molecule has 4 rings (SSSR count). The van der Waals surface area contributed by atoms with Gasteiger partial charge in [0.15, 0.2) is 6.49 Å². The Hall–Kier alpha value is -1.06. The van der Waals surface area contributed by atoms with Crippen LogP contribution < -0.4 is 10.6 Å². The Morgan fingerprint density at radius 1 is 1.05 bits per heavy atom. The van der Waals surface area contributed by atoms with Crippen LogP contribution in [-0.4, -0.2) is 58.4 Å². The van der Waals surface area contributed by atoms with Crippen molar-refractivity contribution in [1.29, 1.82) is 0 Å². The fourth-order valence-corrected chi connectivity index (χ4v) is 9.93. The lowest BCUT2D eigenvalue weighted by atomic mass is 9.43. The van der Waals surface area contributed by atoms with Crippen molar-refractivity contribution in [1.82, 2.24) is 10.6 Å². The van der Waals surface area contributed by atoms with Crippen molar-refractivity contribution in [2.24, 2.45) is 46.3 Å². The number of carbonyl (C=O) groups is 3. The molecule has 39 heavy (non-hydrogen) atoms. The van der Waals surface area contributed by atoms with Gasteiger partial charge in [0.25, 0.3) is 0 Å². The maximum Gasteiger partial charge on any atom is 0.303 e. The van der Waals surface area contributed by atoms with Gasteiger partial charge in [0.1, 0.15) is 13.2 Å². The van der Waals surface area contributed by atoms with E-state index in [2.05, 4.69) is 31.4 Å². The zero-order valence-electron chi connectivity index (χ0n) is 23.7. The lowest BCUT2D eigenvalue weighted by molar-refractivity contribution is -0.168. The highest BCUT2D eigenvalue weighted by molar-refractivity contribution is 8.09. The molecule has 0 heterocycles. The number of carboxylic acid groups (broad SMARTS) is 1. The summed E-state index contributed by atoms with van der Waals surface area (Å²) in [4.78, 5) is 45.6. The number of carboxylic acids is 1. The second kappa shape index (κ2) is 11.7. The molecule has 4 fully saturated rings. The van der Waals surface area contributed by atoms with Crippen LogP contribution in [0.25, 0.3) is 0 Å².